The molecule has 1 aromatic heterocycles. The first-order valence-corrected chi connectivity index (χ1v) is 5.76. The topological polar surface area (TPSA) is 33.1 Å². The molecule has 2 heterocycles. The zero-order valence-corrected chi connectivity index (χ0v) is 9.45. The summed E-state index contributed by atoms with van der Waals surface area (Å²) in [6.45, 7) is 5.69. The second-order valence-corrected chi connectivity index (χ2v) is 4.21. The second-order valence-electron chi connectivity index (χ2n) is 4.21. The van der Waals surface area contributed by atoms with Crippen LogP contribution in [-0.2, 0) is 13.6 Å². The largest absolute Gasteiger partial charge is 0.310 e. The van der Waals surface area contributed by atoms with Crippen molar-refractivity contribution < 1.29 is 0 Å². The van der Waals surface area contributed by atoms with Gasteiger partial charge in [-0.25, -0.2) is 0 Å². The van der Waals surface area contributed by atoms with Gasteiger partial charge in [0.15, 0.2) is 0 Å². The molecule has 15 heavy (non-hydrogen) atoms. The average molecular weight is 208 g/mol. The Morgan fingerprint density at radius 2 is 2.20 bits per heavy atom. The molecule has 1 fully saturated rings. The maximum atomic E-state index is 4.32. The maximum Gasteiger partial charge on any atom is 0.0762 e. The third-order valence-corrected chi connectivity index (χ3v) is 2.88. The molecule has 1 aromatic rings. The van der Waals surface area contributed by atoms with Gasteiger partial charge in [0.1, 0.15) is 0 Å². The summed E-state index contributed by atoms with van der Waals surface area (Å²) in [5.74, 6) is 0. The van der Waals surface area contributed by atoms with E-state index in [9.17, 15) is 0 Å². The molecule has 4 heteroatoms. The zero-order chi connectivity index (χ0) is 10.5. The monoisotopic (exact) mass is 208 g/mol. The van der Waals surface area contributed by atoms with Crippen LogP contribution in [0.15, 0.2) is 12.3 Å². The van der Waals surface area contributed by atoms with Gasteiger partial charge in [-0.1, -0.05) is 0 Å². The van der Waals surface area contributed by atoms with Gasteiger partial charge in [-0.05, 0) is 32.0 Å². The van der Waals surface area contributed by atoms with Crippen LogP contribution in [0.3, 0.4) is 0 Å². The molecule has 2 rings (SSSR count). The molecular formula is C11H20N4. The normalized spacial score (nSPS) is 17.4. The molecule has 4 nitrogen and oxygen atoms in total. The summed E-state index contributed by atoms with van der Waals surface area (Å²) in [7, 11) is 1.95. The van der Waals surface area contributed by atoms with E-state index in [4.69, 9.17) is 0 Å². The molecule has 0 aliphatic carbocycles. The van der Waals surface area contributed by atoms with Crippen LogP contribution >= 0.6 is 0 Å². The van der Waals surface area contributed by atoms with Crippen LogP contribution in [0.25, 0.3) is 0 Å². The number of aromatic nitrogens is 2. The fourth-order valence-electron chi connectivity index (χ4n) is 2.02. The zero-order valence-electron chi connectivity index (χ0n) is 9.45. The molecule has 0 bridgehead atoms. The van der Waals surface area contributed by atoms with Gasteiger partial charge < -0.3 is 10.2 Å². The van der Waals surface area contributed by atoms with Crippen LogP contribution in [-0.4, -0.2) is 40.9 Å². The predicted octanol–water partition coefficient (Wildman–Crippen LogP) is 0.605. The minimum atomic E-state index is 0.884. The van der Waals surface area contributed by atoms with E-state index in [-0.39, 0.29) is 0 Å². The fourth-order valence-corrected chi connectivity index (χ4v) is 2.02. The highest BCUT2D eigenvalue weighted by Crippen LogP contribution is 2.05. The molecule has 0 unspecified atom stereocenters. The summed E-state index contributed by atoms with van der Waals surface area (Å²) in [5.41, 5.74) is 1.12. The van der Waals surface area contributed by atoms with E-state index in [1.54, 1.807) is 0 Å². The molecule has 84 valence electrons. The van der Waals surface area contributed by atoms with Gasteiger partial charge in [0, 0.05) is 32.9 Å². The number of nitrogens with one attached hydrogen (secondary N) is 1. The highest BCUT2D eigenvalue weighted by Gasteiger charge is 2.09. The quantitative estimate of drug-likeness (QED) is 0.720. The van der Waals surface area contributed by atoms with Crippen LogP contribution in [0.2, 0.25) is 0 Å². The van der Waals surface area contributed by atoms with Gasteiger partial charge in [-0.2, -0.15) is 5.10 Å². The van der Waals surface area contributed by atoms with E-state index in [0.717, 1.165) is 18.8 Å². The Balaban J connectivity index is 1.58. The van der Waals surface area contributed by atoms with Crippen molar-refractivity contribution in [3.05, 3.63) is 18.0 Å². The lowest BCUT2D eigenvalue weighted by atomic mass is 10.4. The van der Waals surface area contributed by atoms with Crippen molar-refractivity contribution in [3.8, 4) is 0 Å². The number of aryl methyl sites for hydroxylation is 1. The van der Waals surface area contributed by atoms with Crippen molar-refractivity contribution in [1.29, 1.82) is 0 Å². The lowest BCUT2D eigenvalue weighted by Gasteiger charge is -2.14. The van der Waals surface area contributed by atoms with Gasteiger partial charge in [0.25, 0.3) is 0 Å². The van der Waals surface area contributed by atoms with E-state index in [0.29, 0.717) is 0 Å². The SMILES string of the molecule is Cn1ccc(CNCCN2CCCC2)n1. The minimum absolute atomic E-state index is 0.884. The van der Waals surface area contributed by atoms with Crippen LogP contribution in [0, 0.1) is 0 Å². The molecule has 0 saturated carbocycles. The molecule has 0 spiro atoms. The molecule has 0 aromatic carbocycles. The molecular weight excluding hydrogens is 188 g/mol. The summed E-state index contributed by atoms with van der Waals surface area (Å²) in [6.07, 6.45) is 4.73. The summed E-state index contributed by atoms with van der Waals surface area (Å²) >= 11 is 0. The van der Waals surface area contributed by atoms with Gasteiger partial charge >= 0.3 is 0 Å². The fraction of sp³-hybridized carbons (Fsp3) is 0.727. The van der Waals surface area contributed by atoms with Crippen molar-refractivity contribution in [1.82, 2.24) is 20.0 Å². The van der Waals surface area contributed by atoms with Crippen LogP contribution in [0.1, 0.15) is 18.5 Å². The maximum absolute atomic E-state index is 4.32. The Kier molecular flexibility index (Phi) is 3.75. The van der Waals surface area contributed by atoms with Crippen molar-refractivity contribution in [2.75, 3.05) is 26.2 Å². The molecule has 1 saturated heterocycles. The summed E-state index contributed by atoms with van der Waals surface area (Å²) in [5, 5.41) is 7.74. The molecule has 0 radical (unpaired) electrons. The molecule has 1 aliphatic heterocycles. The number of rotatable bonds is 5. The number of hydrogen-bond acceptors (Lipinski definition) is 3. The number of hydrogen-bond donors (Lipinski definition) is 1. The van der Waals surface area contributed by atoms with Gasteiger partial charge in [-0.3, -0.25) is 4.68 Å². The lowest BCUT2D eigenvalue weighted by molar-refractivity contribution is 0.335. The summed E-state index contributed by atoms with van der Waals surface area (Å²) < 4.78 is 1.84. The van der Waals surface area contributed by atoms with E-state index < -0.39 is 0 Å². The Morgan fingerprint density at radius 1 is 1.40 bits per heavy atom. The van der Waals surface area contributed by atoms with Crippen LogP contribution in [0.4, 0.5) is 0 Å². The smallest absolute Gasteiger partial charge is 0.0762 e. The third-order valence-electron chi connectivity index (χ3n) is 2.88. The minimum Gasteiger partial charge on any atom is -0.310 e. The van der Waals surface area contributed by atoms with Crippen molar-refractivity contribution in [2.45, 2.75) is 19.4 Å². The number of nitrogens with zero attached hydrogens (tertiary/aromatic N) is 3. The predicted molar refractivity (Wildman–Crippen MR) is 60.6 cm³/mol. The van der Waals surface area contributed by atoms with Crippen LogP contribution in [0.5, 0.6) is 0 Å². The molecule has 1 aliphatic rings. The van der Waals surface area contributed by atoms with E-state index >= 15 is 0 Å². The average Bonchev–Trinajstić information content (AvgIpc) is 2.84. The van der Waals surface area contributed by atoms with Gasteiger partial charge in [0.05, 0.1) is 5.69 Å². The highest BCUT2D eigenvalue weighted by atomic mass is 15.3. The van der Waals surface area contributed by atoms with Gasteiger partial charge in [-0.15, -0.1) is 0 Å². The molecule has 0 atom stereocenters. The highest BCUT2D eigenvalue weighted by molar-refractivity contribution is 4.97. The number of likely N-dealkylation sites (tertiary alicyclic amines) is 1. The Bertz CT molecular complexity index is 289. The summed E-state index contributed by atoms with van der Waals surface area (Å²) in [6, 6.07) is 2.06. The Morgan fingerprint density at radius 3 is 2.87 bits per heavy atom. The van der Waals surface area contributed by atoms with E-state index in [1.807, 2.05) is 17.9 Å². The Labute approximate surface area is 91.3 Å². The van der Waals surface area contributed by atoms with Crippen molar-refractivity contribution in [2.24, 2.45) is 7.05 Å². The second kappa shape index (κ2) is 5.28. The third kappa shape index (κ3) is 3.32. The van der Waals surface area contributed by atoms with E-state index in [1.165, 1.54) is 32.5 Å². The molecule has 0 amide bonds. The van der Waals surface area contributed by atoms with Gasteiger partial charge in [0.2, 0.25) is 0 Å². The first-order chi connectivity index (χ1) is 7.34. The van der Waals surface area contributed by atoms with E-state index in [2.05, 4.69) is 21.4 Å². The lowest BCUT2D eigenvalue weighted by Crippen LogP contribution is -2.29. The van der Waals surface area contributed by atoms with Crippen LogP contribution < -0.4 is 5.32 Å². The first kappa shape index (κ1) is 10.6. The Hall–Kier alpha value is -0.870. The summed E-state index contributed by atoms with van der Waals surface area (Å²) in [4.78, 5) is 2.52. The first-order valence-electron chi connectivity index (χ1n) is 5.76. The standard InChI is InChI=1S/C11H20N4/c1-14-8-4-11(13-14)10-12-5-9-15-6-2-3-7-15/h4,8,12H,2-3,5-7,9-10H2,1H3. The van der Waals surface area contributed by atoms with Crippen molar-refractivity contribution >= 4 is 0 Å². The van der Waals surface area contributed by atoms with Crippen molar-refractivity contribution in [3.63, 3.8) is 0 Å². The molecule has 1 N–H and O–H groups in total.